The van der Waals surface area contributed by atoms with Crippen LogP contribution in [0.25, 0.3) is 22.3 Å². The number of aliphatic hydroxyl groups excluding tert-OH is 2. The number of aromatic nitrogens is 4. The lowest BCUT2D eigenvalue weighted by Gasteiger charge is -2.43. The Kier molecular flexibility index (Phi) is 16.9. The number of nitrogen functional groups attached to an aromatic ring is 1. The topological polar surface area (TPSA) is 379 Å². The Morgan fingerprint density at radius 2 is 1.61 bits per heavy atom. The molecule has 3 unspecified atom stereocenters. The normalized spacial score (nSPS) is 22.7. The van der Waals surface area contributed by atoms with Gasteiger partial charge in [-0.3, -0.25) is 23.0 Å². The summed E-state index contributed by atoms with van der Waals surface area (Å²) in [6, 6.07) is 7.62. The van der Waals surface area contributed by atoms with Crippen LogP contribution in [-0.4, -0.2) is 131 Å². The molecule has 9 N–H and O–H groups in total. The fourth-order valence-electron chi connectivity index (χ4n) is 10.0. The summed E-state index contributed by atoms with van der Waals surface area (Å²) in [5.41, 5.74) is 9.90. The van der Waals surface area contributed by atoms with Gasteiger partial charge < -0.3 is 50.3 Å². The van der Waals surface area contributed by atoms with Crippen LogP contribution in [0.5, 0.6) is 11.5 Å². The van der Waals surface area contributed by atoms with E-state index in [1.807, 2.05) is 32.0 Å². The summed E-state index contributed by atoms with van der Waals surface area (Å²) >= 11 is 0. The van der Waals surface area contributed by atoms with Crippen molar-refractivity contribution in [2.45, 2.75) is 116 Å². The number of carbonyl (C=O) groups excluding carboxylic acids is 1. The van der Waals surface area contributed by atoms with Crippen LogP contribution in [0.1, 0.15) is 97.4 Å². The third-order valence-electron chi connectivity index (χ3n) is 13.4. The van der Waals surface area contributed by atoms with Crippen molar-refractivity contribution in [3.63, 3.8) is 0 Å². The number of benzene rings is 2. The Morgan fingerprint density at radius 3 is 2.32 bits per heavy atom. The van der Waals surface area contributed by atoms with Gasteiger partial charge in [-0.2, -0.15) is 17.0 Å². The zero-order chi connectivity index (χ0) is 56.0. The first-order chi connectivity index (χ1) is 36.0. The van der Waals surface area contributed by atoms with Crippen molar-refractivity contribution in [1.29, 1.82) is 0 Å². The van der Waals surface area contributed by atoms with Gasteiger partial charge in [0.15, 0.2) is 34.7 Å². The minimum atomic E-state index is -5.81. The predicted molar refractivity (Wildman–Crippen MR) is 279 cm³/mol. The Balaban J connectivity index is 0.782. The molecular formula is C46H63N9O18P3S+. The summed E-state index contributed by atoms with van der Waals surface area (Å²) in [6.45, 7) is 12.4. The van der Waals surface area contributed by atoms with Gasteiger partial charge in [-0.1, -0.05) is 18.9 Å². The Bertz CT molecular complexity index is 3430. The van der Waals surface area contributed by atoms with Crippen LogP contribution in [0.3, 0.4) is 0 Å². The van der Waals surface area contributed by atoms with Crippen molar-refractivity contribution in [2.24, 2.45) is 4.99 Å². The van der Waals surface area contributed by atoms with Gasteiger partial charge in [0.05, 0.1) is 36.7 Å². The van der Waals surface area contributed by atoms with Crippen molar-refractivity contribution >= 4 is 79.0 Å². The molecule has 4 aliphatic rings. The number of nitrogens with zero attached hydrogens (tertiary/aromatic N) is 7. The first-order valence-electron chi connectivity index (χ1n) is 24.6. The van der Waals surface area contributed by atoms with E-state index in [1.54, 1.807) is 12.1 Å². The Labute approximate surface area is 442 Å². The van der Waals surface area contributed by atoms with E-state index < -0.39 is 82.6 Å². The molecule has 0 saturated carbocycles. The SMILES string of the molecule is CCN1c2cc3c(cc2C(C)=CC1(C)C)N=c1cc2c(cc1O3)=[N+](CCCC(=O)NCCCCCCOP(=O)(O)OP(=O)(O)OP(=O)(O)OC[C@H]1O[C@@H](n3cnc4c(N)ncnc43)[C@H](O)[C@@H]1O)C(C)(C)C=C2CS(=O)(=O)O. The van der Waals surface area contributed by atoms with Crippen LogP contribution >= 0.6 is 23.5 Å². The van der Waals surface area contributed by atoms with Crippen molar-refractivity contribution in [3.05, 3.63) is 70.9 Å². The minimum Gasteiger partial charge on any atom is -0.452 e. The summed E-state index contributed by atoms with van der Waals surface area (Å²) in [5, 5.41) is 25.1. The van der Waals surface area contributed by atoms with E-state index in [9.17, 15) is 56.4 Å². The molecule has 0 aliphatic carbocycles. The molecule has 2 aromatic heterocycles. The lowest BCUT2D eigenvalue weighted by atomic mass is 9.88. The third-order valence-corrected chi connectivity index (χ3v) is 18.3. The molecule has 0 bridgehead atoms. The number of rotatable bonds is 23. The molecule has 7 atom stereocenters. The first kappa shape index (κ1) is 58.3. The van der Waals surface area contributed by atoms with Gasteiger partial charge in [0.25, 0.3) is 10.1 Å². The Hall–Kier alpha value is -4.86. The number of anilines is 2. The summed E-state index contributed by atoms with van der Waals surface area (Å²) in [7, 11) is -21.1. The van der Waals surface area contributed by atoms with Gasteiger partial charge in [0.1, 0.15) is 53.5 Å². The fourth-order valence-corrected chi connectivity index (χ4v) is 14.2. The van der Waals surface area contributed by atoms with Crippen molar-refractivity contribution < 1.29 is 83.5 Å². The van der Waals surface area contributed by atoms with E-state index in [4.69, 9.17) is 24.7 Å². The number of nitrogens with two attached hydrogens (primary N) is 1. The van der Waals surface area contributed by atoms with Gasteiger partial charge in [0, 0.05) is 57.1 Å². The molecule has 6 heterocycles. The van der Waals surface area contributed by atoms with Gasteiger partial charge in [-0.15, -0.1) is 0 Å². The van der Waals surface area contributed by atoms with E-state index in [2.05, 4.69) is 76.7 Å². The maximum atomic E-state index is 13.0. The number of phosphoric acid groups is 3. The molecule has 27 nitrogen and oxygen atoms in total. The molecule has 420 valence electrons. The molecule has 2 aromatic carbocycles. The molecule has 1 saturated heterocycles. The molecule has 1 amide bonds. The highest BCUT2D eigenvalue weighted by Crippen LogP contribution is 2.68. The smallest absolute Gasteiger partial charge is 0.452 e. The molecule has 0 spiro atoms. The number of hydrogen-bond donors (Lipinski definition) is 8. The number of imidazole rings is 1. The van der Waals surface area contributed by atoms with Gasteiger partial charge in [-0.25, -0.2) is 38.2 Å². The number of amides is 1. The lowest BCUT2D eigenvalue weighted by Crippen LogP contribution is -2.50. The number of hydrogen-bond acceptors (Lipinski definition) is 20. The molecule has 31 heteroatoms. The van der Waals surface area contributed by atoms with Crippen LogP contribution in [0.4, 0.5) is 17.2 Å². The highest BCUT2D eigenvalue weighted by atomic mass is 32.2. The number of likely N-dealkylation sites (N-methyl/N-ethyl adjacent to an activating group) is 1. The predicted octanol–water partition coefficient (Wildman–Crippen LogP) is 4.19. The molecule has 1 fully saturated rings. The van der Waals surface area contributed by atoms with Crippen molar-refractivity contribution in [1.82, 2.24) is 29.4 Å². The van der Waals surface area contributed by atoms with Crippen LogP contribution in [0.2, 0.25) is 0 Å². The zero-order valence-corrected chi connectivity index (χ0v) is 46.5. The summed E-state index contributed by atoms with van der Waals surface area (Å²) in [4.78, 5) is 62.3. The number of nitrogens with one attached hydrogen (secondary N) is 1. The van der Waals surface area contributed by atoms with Crippen LogP contribution in [0, 0.1) is 0 Å². The second-order valence-corrected chi connectivity index (χ2v) is 26.1. The largest absolute Gasteiger partial charge is 0.490 e. The number of unbranched alkanes of at least 4 members (excludes halogenated alkanes) is 3. The van der Waals surface area contributed by atoms with E-state index in [0.717, 1.165) is 29.7 Å². The zero-order valence-electron chi connectivity index (χ0n) is 43.0. The first-order valence-corrected chi connectivity index (χ1v) is 30.7. The van der Waals surface area contributed by atoms with Crippen molar-refractivity contribution in [3.8, 4) is 11.5 Å². The second-order valence-electron chi connectivity index (χ2n) is 20.0. The number of ether oxygens (including phenoxy) is 2. The average molecular weight is 1160 g/mol. The van der Waals surface area contributed by atoms with Gasteiger partial charge in [0.2, 0.25) is 11.3 Å². The lowest BCUT2D eigenvalue weighted by molar-refractivity contribution is -0.121. The fraction of sp³-hybridized carbons (Fsp3) is 0.522. The summed E-state index contributed by atoms with van der Waals surface area (Å²) in [5.74, 6) is 0.256. The average Bonchev–Trinajstić information content (AvgIpc) is 3.95. The summed E-state index contributed by atoms with van der Waals surface area (Å²) < 4.78 is 105. The third kappa shape index (κ3) is 13.4. The van der Waals surface area contributed by atoms with Crippen molar-refractivity contribution in [2.75, 3.05) is 49.2 Å². The molecule has 8 rings (SSSR count). The number of fused-ring (bicyclic) bond motifs is 5. The highest BCUT2D eigenvalue weighted by molar-refractivity contribution is 7.86. The standard InChI is InChI=1S/C46H62N9O18P3S/c1-7-54-33-19-35-31(17-29(33)27(2)21-45(54,3)4)52-32-18-30-28(24-77(65,66)67)22-46(5,6)55(34(30)20-36(32)70-35)15-12-13-38(56)48-14-10-8-9-11-16-68-74(59,60)72-76(63,64)73-75(61,62)69-23-37-40(57)41(58)44(71-37)53-26-51-39-42(47)49-25-50-43(39)53/h17-22,25-26,37,40-41,44,57-58H,7-16,23-24H2,1-6H3,(H6-,47,48,49,50,56,59,60,61,62,63,64,65,66,67)/p+1/t37-,40-,41-,44-/m1/s1. The maximum absolute atomic E-state index is 13.0. The number of allylic oxidation sites excluding steroid dienone is 1. The molecule has 4 aromatic rings. The summed E-state index contributed by atoms with van der Waals surface area (Å²) in [6.07, 6.45) is 2.42. The van der Waals surface area contributed by atoms with Gasteiger partial charge in [-0.05, 0) is 69.9 Å². The number of phosphoric ester groups is 2. The molecule has 77 heavy (non-hydrogen) atoms. The molecule has 0 radical (unpaired) electrons. The van der Waals surface area contributed by atoms with Gasteiger partial charge >= 0.3 is 23.5 Å². The maximum Gasteiger partial charge on any atom is 0.490 e. The minimum absolute atomic E-state index is 0.0269. The second kappa shape index (κ2) is 22.3. The quantitative estimate of drug-likeness (QED) is 0.0197. The van der Waals surface area contributed by atoms with Crippen LogP contribution < -0.4 is 36.0 Å². The van der Waals surface area contributed by atoms with E-state index >= 15 is 0 Å². The van der Waals surface area contributed by atoms with E-state index in [1.165, 1.54) is 10.9 Å². The van der Waals surface area contributed by atoms with Crippen LogP contribution in [-0.2, 0) is 51.0 Å². The monoisotopic (exact) mass is 1150 g/mol. The highest BCUT2D eigenvalue weighted by Gasteiger charge is 2.47. The molecular weight excluding hydrogens is 1090 g/mol. The van der Waals surface area contributed by atoms with Crippen LogP contribution in [0.15, 0.2) is 54.1 Å². The van der Waals surface area contributed by atoms with E-state index in [-0.39, 0.29) is 41.3 Å². The molecule has 4 aliphatic heterocycles. The number of aliphatic hydroxyl groups is 2. The van der Waals surface area contributed by atoms with E-state index in [0.29, 0.717) is 77.8 Å². The Morgan fingerprint density at radius 1 is 0.896 bits per heavy atom. The number of carbonyl (C=O) groups is 1.